The SMILES string of the molecule is COc1ccc(NC(=O)c2sc(-c3ccccn3)nc2C)cc1. The van der Waals surface area contributed by atoms with E-state index in [1.165, 1.54) is 11.3 Å². The fourth-order valence-electron chi connectivity index (χ4n) is 2.07. The van der Waals surface area contributed by atoms with Gasteiger partial charge in [-0.3, -0.25) is 9.78 Å². The smallest absolute Gasteiger partial charge is 0.267 e. The Bertz CT molecular complexity index is 814. The van der Waals surface area contributed by atoms with Crippen molar-refractivity contribution in [2.24, 2.45) is 0 Å². The van der Waals surface area contributed by atoms with Gasteiger partial charge in [0.15, 0.2) is 0 Å². The molecule has 23 heavy (non-hydrogen) atoms. The monoisotopic (exact) mass is 325 g/mol. The van der Waals surface area contributed by atoms with E-state index in [0.717, 1.165) is 16.5 Å². The number of nitrogens with one attached hydrogen (secondary N) is 1. The summed E-state index contributed by atoms with van der Waals surface area (Å²) in [7, 11) is 1.60. The Labute approximate surface area is 138 Å². The van der Waals surface area contributed by atoms with Gasteiger partial charge in [0, 0.05) is 11.9 Å². The van der Waals surface area contributed by atoms with Crippen molar-refractivity contribution in [2.75, 3.05) is 12.4 Å². The Morgan fingerprint density at radius 1 is 1.17 bits per heavy atom. The van der Waals surface area contributed by atoms with Crippen molar-refractivity contribution >= 4 is 22.9 Å². The Morgan fingerprint density at radius 3 is 2.61 bits per heavy atom. The van der Waals surface area contributed by atoms with E-state index < -0.39 is 0 Å². The quantitative estimate of drug-likeness (QED) is 0.793. The number of thiazole rings is 1. The third-order valence-electron chi connectivity index (χ3n) is 3.23. The molecular formula is C17H15N3O2S. The average Bonchev–Trinajstić information content (AvgIpc) is 2.98. The van der Waals surface area contributed by atoms with Crippen LogP contribution in [0.1, 0.15) is 15.4 Å². The first-order valence-corrected chi connectivity index (χ1v) is 7.83. The minimum Gasteiger partial charge on any atom is -0.497 e. The molecule has 3 rings (SSSR count). The van der Waals surface area contributed by atoms with Gasteiger partial charge in [0.1, 0.15) is 15.6 Å². The molecule has 0 saturated carbocycles. The minimum atomic E-state index is -0.174. The van der Waals surface area contributed by atoms with Crippen LogP contribution in [0.15, 0.2) is 48.7 Å². The van der Waals surface area contributed by atoms with Crippen LogP contribution in [0.3, 0.4) is 0 Å². The van der Waals surface area contributed by atoms with Crippen LogP contribution >= 0.6 is 11.3 Å². The molecule has 0 radical (unpaired) electrons. The number of pyridine rings is 1. The molecule has 0 fully saturated rings. The first-order chi connectivity index (χ1) is 11.2. The zero-order chi connectivity index (χ0) is 16.2. The fraction of sp³-hybridized carbons (Fsp3) is 0.118. The van der Waals surface area contributed by atoms with Gasteiger partial charge < -0.3 is 10.1 Å². The predicted octanol–water partition coefficient (Wildman–Crippen LogP) is 3.77. The largest absolute Gasteiger partial charge is 0.497 e. The predicted molar refractivity (Wildman–Crippen MR) is 91.0 cm³/mol. The number of hydrogen-bond acceptors (Lipinski definition) is 5. The maximum absolute atomic E-state index is 12.4. The topological polar surface area (TPSA) is 64.1 Å². The van der Waals surface area contributed by atoms with E-state index in [-0.39, 0.29) is 5.91 Å². The van der Waals surface area contributed by atoms with Gasteiger partial charge in [-0.15, -0.1) is 11.3 Å². The number of rotatable bonds is 4. The molecule has 5 nitrogen and oxygen atoms in total. The number of aryl methyl sites for hydroxylation is 1. The van der Waals surface area contributed by atoms with E-state index in [1.54, 1.807) is 37.6 Å². The lowest BCUT2D eigenvalue weighted by Crippen LogP contribution is -2.11. The van der Waals surface area contributed by atoms with Crippen molar-refractivity contribution in [2.45, 2.75) is 6.92 Å². The molecule has 0 unspecified atom stereocenters. The van der Waals surface area contributed by atoms with Gasteiger partial charge in [0.05, 0.1) is 18.5 Å². The van der Waals surface area contributed by atoms with Crippen LogP contribution < -0.4 is 10.1 Å². The third-order valence-corrected chi connectivity index (χ3v) is 4.41. The molecule has 0 aliphatic heterocycles. The molecule has 0 bridgehead atoms. The second kappa shape index (κ2) is 6.58. The molecule has 0 aliphatic rings. The van der Waals surface area contributed by atoms with Crippen molar-refractivity contribution in [1.29, 1.82) is 0 Å². The molecule has 1 N–H and O–H groups in total. The first-order valence-electron chi connectivity index (χ1n) is 7.01. The summed E-state index contributed by atoms with van der Waals surface area (Å²) >= 11 is 1.34. The number of ether oxygens (including phenoxy) is 1. The van der Waals surface area contributed by atoms with Crippen molar-refractivity contribution in [3.05, 3.63) is 59.2 Å². The molecule has 0 atom stereocenters. The molecule has 3 aromatic rings. The number of amides is 1. The van der Waals surface area contributed by atoms with Gasteiger partial charge in [-0.05, 0) is 43.3 Å². The summed E-state index contributed by atoms with van der Waals surface area (Å²) in [6.07, 6.45) is 1.71. The van der Waals surface area contributed by atoms with Gasteiger partial charge in [0.2, 0.25) is 0 Å². The standard InChI is InChI=1S/C17H15N3O2S/c1-11-15(23-17(19-11)14-5-3-4-10-18-14)16(21)20-12-6-8-13(22-2)9-7-12/h3-10H,1-2H3,(H,20,21). The van der Waals surface area contributed by atoms with E-state index in [9.17, 15) is 4.79 Å². The van der Waals surface area contributed by atoms with Crippen LogP contribution in [0, 0.1) is 6.92 Å². The van der Waals surface area contributed by atoms with Crippen molar-refractivity contribution in [3.8, 4) is 16.5 Å². The summed E-state index contributed by atoms with van der Waals surface area (Å²) < 4.78 is 5.10. The lowest BCUT2D eigenvalue weighted by atomic mass is 10.3. The normalized spacial score (nSPS) is 10.3. The van der Waals surface area contributed by atoms with Gasteiger partial charge in [-0.2, -0.15) is 0 Å². The summed E-state index contributed by atoms with van der Waals surface area (Å²) in [5.41, 5.74) is 2.17. The Morgan fingerprint density at radius 2 is 1.96 bits per heavy atom. The highest BCUT2D eigenvalue weighted by Crippen LogP contribution is 2.27. The van der Waals surface area contributed by atoms with Crippen LogP contribution in [0.5, 0.6) is 5.75 Å². The van der Waals surface area contributed by atoms with E-state index in [2.05, 4.69) is 15.3 Å². The molecule has 0 saturated heterocycles. The zero-order valence-corrected chi connectivity index (χ0v) is 13.6. The van der Waals surface area contributed by atoms with Gasteiger partial charge in [0.25, 0.3) is 5.91 Å². The van der Waals surface area contributed by atoms with E-state index in [1.807, 2.05) is 25.1 Å². The van der Waals surface area contributed by atoms with Gasteiger partial charge in [-0.1, -0.05) is 6.07 Å². The molecule has 0 spiro atoms. The Hall–Kier alpha value is -2.73. The number of benzene rings is 1. The number of nitrogens with zero attached hydrogens (tertiary/aromatic N) is 2. The maximum atomic E-state index is 12.4. The molecule has 116 valence electrons. The second-order valence-corrected chi connectivity index (χ2v) is 5.83. The lowest BCUT2D eigenvalue weighted by molar-refractivity contribution is 0.103. The van der Waals surface area contributed by atoms with Crippen molar-refractivity contribution < 1.29 is 9.53 Å². The molecule has 2 aromatic heterocycles. The molecular weight excluding hydrogens is 310 g/mol. The van der Waals surface area contributed by atoms with Crippen LogP contribution in [-0.2, 0) is 0 Å². The summed E-state index contributed by atoms with van der Waals surface area (Å²) in [6.45, 7) is 1.83. The van der Waals surface area contributed by atoms with Crippen molar-refractivity contribution in [3.63, 3.8) is 0 Å². The highest BCUT2D eigenvalue weighted by molar-refractivity contribution is 7.17. The van der Waals surface area contributed by atoms with Crippen LogP contribution in [0.2, 0.25) is 0 Å². The van der Waals surface area contributed by atoms with E-state index >= 15 is 0 Å². The highest BCUT2D eigenvalue weighted by atomic mass is 32.1. The van der Waals surface area contributed by atoms with E-state index in [0.29, 0.717) is 16.3 Å². The number of methoxy groups -OCH3 is 1. The number of aromatic nitrogens is 2. The summed E-state index contributed by atoms with van der Waals surface area (Å²) in [4.78, 5) is 21.7. The molecule has 1 aromatic carbocycles. The minimum absolute atomic E-state index is 0.174. The Kier molecular flexibility index (Phi) is 4.34. The molecule has 0 aliphatic carbocycles. The zero-order valence-electron chi connectivity index (χ0n) is 12.7. The van der Waals surface area contributed by atoms with Crippen LogP contribution in [-0.4, -0.2) is 23.0 Å². The summed E-state index contributed by atoms with van der Waals surface area (Å²) in [6, 6.07) is 12.8. The van der Waals surface area contributed by atoms with Gasteiger partial charge in [-0.25, -0.2) is 4.98 Å². The second-order valence-electron chi connectivity index (χ2n) is 4.83. The fourth-order valence-corrected chi connectivity index (χ4v) is 3.01. The van der Waals surface area contributed by atoms with Gasteiger partial charge >= 0.3 is 0 Å². The third kappa shape index (κ3) is 3.37. The highest BCUT2D eigenvalue weighted by Gasteiger charge is 2.16. The first kappa shape index (κ1) is 15.2. The number of carbonyl (C=O) groups is 1. The van der Waals surface area contributed by atoms with Crippen LogP contribution in [0.4, 0.5) is 5.69 Å². The Balaban J connectivity index is 1.81. The van der Waals surface area contributed by atoms with Crippen molar-refractivity contribution in [1.82, 2.24) is 9.97 Å². The lowest BCUT2D eigenvalue weighted by Gasteiger charge is -2.05. The number of carbonyl (C=O) groups excluding carboxylic acids is 1. The van der Waals surface area contributed by atoms with E-state index in [4.69, 9.17) is 4.74 Å². The average molecular weight is 325 g/mol. The molecule has 6 heteroatoms. The molecule has 2 heterocycles. The number of hydrogen-bond donors (Lipinski definition) is 1. The number of anilines is 1. The summed E-state index contributed by atoms with van der Waals surface area (Å²) in [5, 5.41) is 3.61. The van der Waals surface area contributed by atoms with Crippen LogP contribution in [0.25, 0.3) is 10.7 Å². The molecule has 1 amide bonds. The maximum Gasteiger partial charge on any atom is 0.267 e. The summed E-state index contributed by atoms with van der Waals surface area (Å²) in [5.74, 6) is 0.571.